The number of carbonyl (C=O) groups is 3. The van der Waals surface area contributed by atoms with Gasteiger partial charge in [0.05, 0.1) is 5.97 Å². The first-order valence-electron chi connectivity index (χ1n) is 2.76. The Kier molecular flexibility index (Phi) is 7.28. The minimum atomic E-state index is -1.72. The SMILES string of the molecule is NC(=O)NC(NC(N)=O)C(=O)[O-].[Na+]. The fraction of sp³-hybridized carbons (Fsp3) is 0.250. The maximum absolute atomic E-state index is 10.1. The summed E-state index contributed by atoms with van der Waals surface area (Å²) in [6.45, 7) is 0. The molecule has 0 aliphatic carbocycles. The first kappa shape index (κ1) is 14.5. The summed E-state index contributed by atoms with van der Waals surface area (Å²) in [7, 11) is 0. The predicted octanol–water partition coefficient (Wildman–Crippen LogP) is -6.60. The molecule has 0 atom stereocenters. The molecule has 0 heterocycles. The largest absolute Gasteiger partial charge is 1.00 e. The molecule has 0 unspecified atom stereocenters. The smallest absolute Gasteiger partial charge is 0.546 e. The number of hydrogen-bond acceptors (Lipinski definition) is 4. The molecule has 0 saturated heterocycles. The third-order valence-electron chi connectivity index (χ3n) is 0.809. The van der Waals surface area contributed by atoms with Crippen LogP contribution in [0, 0.1) is 0 Å². The number of rotatable bonds is 3. The van der Waals surface area contributed by atoms with E-state index in [9.17, 15) is 19.5 Å². The van der Waals surface area contributed by atoms with Gasteiger partial charge in [0.2, 0.25) is 0 Å². The zero-order chi connectivity index (χ0) is 9.72. The van der Waals surface area contributed by atoms with Crippen molar-refractivity contribution in [1.82, 2.24) is 10.6 Å². The van der Waals surface area contributed by atoms with Crippen molar-refractivity contribution in [2.75, 3.05) is 0 Å². The molecule has 0 rings (SSSR count). The summed E-state index contributed by atoms with van der Waals surface area (Å²) in [5, 5.41) is 13.5. The van der Waals surface area contributed by atoms with Crippen LogP contribution < -0.4 is 56.8 Å². The van der Waals surface area contributed by atoms with Gasteiger partial charge in [0.25, 0.3) is 0 Å². The van der Waals surface area contributed by atoms with Crippen LogP contribution in [0.5, 0.6) is 0 Å². The van der Waals surface area contributed by atoms with E-state index in [0.29, 0.717) is 0 Å². The summed E-state index contributed by atoms with van der Waals surface area (Å²) in [6, 6.07) is -2.23. The Labute approximate surface area is 95.3 Å². The van der Waals surface area contributed by atoms with Gasteiger partial charge in [-0.15, -0.1) is 0 Å². The zero-order valence-corrected chi connectivity index (χ0v) is 8.87. The summed E-state index contributed by atoms with van der Waals surface area (Å²) >= 11 is 0. The number of carboxylic acids is 1. The Hall–Kier alpha value is -0.990. The second kappa shape index (κ2) is 6.52. The molecule has 8 nitrogen and oxygen atoms in total. The number of nitrogens with one attached hydrogen (secondary N) is 2. The quantitative estimate of drug-likeness (QED) is 0.263. The van der Waals surface area contributed by atoms with E-state index in [0.717, 1.165) is 0 Å². The molecule has 0 bridgehead atoms. The van der Waals surface area contributed by atoms with Gasteiger partial charge in [-0.2, -0.15) is 0 Å². The average Bonchev–Trinajstić information content (AvgIpc) is 1.83. The van der Waals surface area contributed by atoms with Gasteiger partial charge in [0.15, 0.2) is 0 Å². The molecule has 9 heteroatoms. The van der Waals surface area contributed by atoms with E-state index < -0.39 is 24.2 Å². The molecule has 0 aromatic carbocycles. The van der Waals surface area contributed by atoms with Crippen LogP contribution in [0.2, 0.25) is 0 Å². The van der Waals surface area contributed by atoms with E-state index in [1.165, 1.54) is 0 Å². The summed E-state index contributed by atoms with van der Waals surface area (Å²) in [6.07, 6.45) is -1.71. The Balaban J connectivity index is 0. The average molecular weight is 198 g/mol. The molecular weight excluding hydrogens is 191 g/mol. The molecule has 0 aliphatic rings. The van der Waals surface area contributed by atoms with Crippen LogP contribution in [0.15, 0.2) is 0 Å². The molecule has 0 fully saturated rings. The molecule has 0 saturated carbocycles. The second-order valence-corrected chi connectivity index (χ2v) is 1.77. The van der Waals surface area contributed by atoms with Gasteiger partial charge >= 0.3 is 41.6 Å². The molecule has 0 aromatic rings. The Morgan fingerprint density at radius 1 is 1.08 bits per heavy atom. The molecular formula is C4H7N4NaO4. The monoisotopic (exact) mass is 198 g/mol. The molecule has 6 N–H and O–H groups in total. The third-order valence-corrected chi connectivity index (χ3v) is 0.809. The van der Waals surface area contributed by atoms with Gasteiger partial charge in [0.1, 0.15) is 6.17 Å². The van der Waals surface area contributed by atoms with Crippen molar-refractivity contribution in [3.63, 3.8) is 0 Å². The van der Waals surface area contributed by atoms with E-state index in [-0.39, 0.29) is 29.6 Å². The Morgan fingerprint density at radius 2 is 1.38 bits per heavy atom. The van der Waals surface area contributed by atoms with E-state index >= 15 is 0 Å². The Bertz CT molecular complexity index is 204. The van der Waals surface area contributed by atoms with Crippen LogP contribution in [-0.4, -0.2) is 24.2 Å². The van der Waals surface area contributed by atoms with Gasteiger partial charge < -0.3 is 32.0 Å². The number of urea groups is 2. The van der Waals surface area contributed by atoms with E-state index in [1.807, 2.05) is 0 Å². The second-order valence-electron chi connectivity index (χ2n) is 1.77. The van der Waals surface area contributed by atoms with Crippen molar-refractivity contribution in [1.29, 1.82) is 0 Å². The normalized spacial score (nSPS) is 8.38. The molecule has 68 valence electrons. The first-order chi connectivity index (χ1) is 5.43. The van der Waals surface area contributed by atoms with Crippen molar-refractivity contribution in [2.45, 2.75) is 6.17 Å². The summed E-state index contributed by atoms with van der Waals surface area (Å²) in [4.78, 5) is 30.4. The van der Waals surface area contributed by atoms with Crippen LogP contribution >= 0.6 is 0 Å². The van der Waals surface area contributed by atoms with Crippen molar-refractivity contribution >= 4 is 18.0 Å². The molecule has 0 radical (unpaired) electrons. The van der Waals surface area contributed by atoms with Gasteiger partial charge in [-0.3, -0.25) is 0 Å². The maximum Gasteiger partial charge on any atom is 1.00 e. The minimum Gasteiger partial charge on any atom is -0.546 e. The van der Waals surface area contributed by atoms with Crippen molar-refractivity contribution in [3.05, 3.63) is 0 Å². The predicted molar refractivity (Wildman–Crippen MR) is 34.2 cm³/mol. The summed E-state index contributed by atoms with van der Waals surface area (Å²) < 4.78 is 0. The van der Waals surface area contributed by atoms with Crippen LogP contribution in [-0.2, 0) is 4.79 Å². The molecule has 0 spiro atoms. The standard InChI is InChI=1S/C4H8N4O4.Na/c5-3(11)7-1(2(9)10)8-4(6)12;/h1H,(H,9,10)(H3,5,7,11)(H3,6,8,12);/q;+1/p-1. The van der Waals surface area contributed by atoms with Gasteiger partial charge in [0, 0.05) is 0 Å². The topological polar surface area (TPSA) is 150 Å². The number of carbonyl (C=O) groups excluding carboxylic acids is 3. The maximum atomic E-state index is 10.1. The number of carboxylic acid groups (broad SMARTS) is 1. The fourth-order valence-corrected chi connectivity index (χ4v) is 0.438. The zero-order valence-electron chi connectivity index (χ0n) is 6.87. The van der Waals surface area contributed by atoms with Crippen molar-refractivity contribution in [3.8, 4) is 0 Å². The number of nitrogens with two attached hydrogens (primary N) is 2. The van der Waals surface area contributed by atoms with Crippen LogP contribution in [0.1, 0.15) is 0 Å². The molecule has 0 aliphatic heterocycles. The van der Waals surface area contributed by atoms with Gasteiger partial charge in [-0.25, -0.2) is 9.59 Å². The minimum absolute atomic E-state index is 0. The number of amides is 4. The van der Waals surface area contributed by atoms with Gasteiger partial charge in [-0.05, 0) is 0 Å². The third kappa shape index (κ3) is 7.37. The molecule has 13 heavy (non-hydrogen) atoms. The molecule has 4 amide bonds. The Morgan fingerprint density at radius 3 is 1.54 bits per heavy atom. The van der Waals surface area contributed by atoms with E-state index in [4.69, 9.17) is 0 Å². The van der Waals surface area contributed by atoms with Crippen molar-refractivity contribution < 1.29 is 49.0 Å². The number of hydrogen-bond donors (Lipinski definition) is 4. The van der Waals surface area contributed by atoms with E-state index in [2.05, 4.69) is 11.5 Å². The van der Waals surface area contributed by atoms with Crippen LogP contribution in [0.25, 0.3) is 0 Å². The van der Waals surface area contributed by atoms with Crippen molar-refractivity contribution in [2.24, 2.45) is 11.5 Å². The summed E-state index contributed by atoms with van der Waals surface area (Å²) in [5.41, 5.74) is 9.15. The summed E-state index contributed by atoms with van der Waals surface area (Å²) in [5.74, 6) is -1.72. The fourth-order valence-electron chi connectivity index (χ4n) is 0.438. The molecule has 0 aromatic heterocycles. The van der Waals surface area contributed by atoms with E-state index in [1.54, 1.807) is 10.6 Å². The number of aliphatic carboxylic acids is 1. The number of primary amides is 2. The van der Waals surface area contributed by atoms with Gasteiger partial charge in [-0.1, -0.05) is 0 Å². The first-order valence-corrected chi connectivity index (χ1v) is 2.76. The van der Waals surface area contributed by atoms with Crippen LogP contribution in [0.4, 0.5) is 9.59 Å². The van der Waals surface area contributed by atoms with Crippen LogP contribution in [0.3, 0.4) is 0 Å².